The second-order valence-corrected chi connectivity index (χ2v) is 8.15. The zero-order chi connectivity index (χ0) is 21.5. The molecule has 1 saturated heterocycles. The summed E-state index contributed by atoms with van der Waals surface area (Å²) >= 11 is 1.67. The number of benzene rings is 1. The van der Waals surface area contributed by atoms with E-state index in [4.69, 9.17) is 0 Å². The van der Waals surface area contributed by atoms with Crippen LogP contribution in [0.4, 0.5) is 5.13 Å². The van der Waals surface area contributed by atoms with Gasteiger partial charge in [-0.25, -0.2) is 9.97 Å². The average Bonchev–Trinajstić information content (AvgIpc) is 3.49. The van der Waals surface area contributed by atoms with Gasteiger partial charge in [-0.15, -0.1) is 0 Å². The fourth-order valence-electron chi connectivity index (χ4n) is 3.29. The van der Waals surface area contributed by atoms with E-state index < -0.39 is 0 Å². The average molecular weight is 433 g/mol. The van der Waals surface area contributed by atoms with E-state index in [2.05, 4.69) is 30.2 Å². The predicted molar refractivity (Wildman–Crippen MR) is 124 cm³/mol. The van der Waals surface area contributed by atoms with Gasteiger partial charge in [-0.1, -0.05) is 47.7 Å². The maximum atomic E-state index is 10.5. The number of thiazole rings is 1. The van der Waals surface area contributed by atoms with Crippen LogP contribution < -0.4 is 10.2 Å². The number of hydrogen-bond acceptors (Lipinski definition) is 7. The topological polar surface area (TPSA) is 83.9 Å². The van der Waals surface area contributed by atoms with Crippen LogP contribution in [0.5, 0.6) is 0 Å². The summed E-state index contributed by atoms with van der Waals surface area (Å²) in [5, 5.41) is 3.77. The van der Waals surface area contributed by atoms with Gasteiger partial charge in [0.15, 0.2) is 10.8 Å². The number of fused-ring (bicyclic) bond motifs is 1. The second kappa shape index (κ2) is 10.1. The fourth-order valence-corrected chi connectivity index (χ4v) is 4.36. The van der Waals surface area contributed by atoms with Crippen LogP contribution in [-0.2, 0) is 11.3 Å². The van der Waals surface area contributed by atoms with Crippen molar-refractivity contribution in [1.29, 1.82) is 0 Å². The van der Waals surface area contributed by atoms with Gasteiger partial charge < -0.3 is 10.2 Å². The Morgan fingerprint density at radius 2 is 1.81 bits per heavy atom. The van der Waals surface area contributed by atoms with Crippen LogP contribution in [-0.4, -0.2) is 38.9 Å². The number of nitrogens with zero attached hydrogens (tertiary/aromatic N) is 5. The normalized spacial score (nSPS) is 13.0. The van der Waals surface area contributed by atoms with Gasteiger partial charge in [0.2, 0.25) is 5.91 Å². The Hall–Kier alpha value is -3.39. The summed E-state index contributed by atoms with van der Waals surface area (Å²) in [6.07, 6.45) is 5.84. The van der Waals surface area contributed by atoms with Crippen LogP contribution in [0.1, 0.15) is 25.3 Å². The first-order valence-electron chi connectivity index (χ1n) is 10.3. The molecule has 0 bridgehead atoms. The summed E-state index contributed by atoms with van der Waals surface area (Å²) in [6.45, 7) is 4.32. The van der Waals surface area contributed by atoms with E-state index in [1.54, 1.807) is 23.9 Å². The third kappa shape index (κ3) is 5.40. The molecule has 0 spiro atoms. The van der Waals surface area contributed by atoms with Crippen LogP contribution in [0, 0.1) is 0 Å². The van der Waals surface area contributed by atoms with Crippen molar-refractivity contribution in [2.45, 2.75) is 26.3 Å². The first kappa shape index (κ1) is 20.9. The number of pyridine rings is 1. The second-order valence-electron chi connectivity index (χ2n) is 7.18. The molecule has 8 heteroatoms. The smallest absolute Gasteiger partial charge is 0.217 e. The van der Waals surface area contributed by atoms with Crippen molar-refractivity contribution in [3.05, 3.63) is 66.6 Å². The molecule has 4 heterocycles. The predicted octanol–water partition coefficient (Wildman–Crippen LogP) is 4.07. The molecule has 0 saturated carbocycles. The monoisotopic (exact) mass is 432 g/mol. The Labute approximate surface area is 185 Å². The molecule has 0 unspecified atom stereocenters. The van der Waals surface area contributed by atoms with E-state index in [1.807, 2.05) is 48.5 Å². The maximum Gasteiger partial charge on any atom is 0.217 e. The Morgan fingerprint density at radius 3 is 2.52 bits per heavy atom. The molecular weight excluding hydrogens is 408 g/mol. The van der Waals surface area contributed by atoms with E-state index in [9.17, 15) is 4.79 Å². The van der Waals surface area contributed by atoms with E-state index in [0.717, 1.165) is 45.5 Å². The van der Waals surface area contributed by atoms with Gasteiger partial charge in [-0.05, 0) is 30.5 Å². The highest BCUT2D eigenvalue weighted by molar-refractivity contribution is 7.22. The zero-order valence-electron chi connectivity index (χ0n) is 17.4. The summed E-state index contributed by atoms with van der Waals surface area (Å²) in [4.78, 5) is 30.5. The minimum Gasteiger partial charge on any atom is -0.352 e. The molecule has 4 aromatic rings. The molecule has 0 radical (unpaired) electrons. The van der Waals surface area contributed by atoms with Gasteiger partial charge in [0.05, 0.1) is 5.69 Å². The zero-order valence-corrected chi connectivity index (χ0v) is 18.2. The summed E-state index contributed by atoms with van der Waals surface area (Å²) < 4.78 is 1.02. The van der Waals surface area contributed by atoms with Crippen LogP contribution in [0.15, 0.2) is 61.1 Å². The van der Waals surface area contributed by atoms with E-state index in [1.165, 1.54) is 19.8 Å². The van der Waals surface area contributed by atoms with Crippen molar-refractivity contribution in [2.75, 3.05) is 18.0 Å². The molecule has 3 aromatic heterocycles. The lowest BCUT2D eigenvalue weighted by Gasteiger charge is -2.11. The highest BCUT2D eigenvalue weighted by Crippen LogP contribution is 2.34. The Balaban J connectivity index is 0.000000180. The van der Waals surface area contributed by atoms with Gasteiger partial charge in [-0.3, -0.25) is 9.78 Å². The molecule has 31 heavy (non-hydrogen) atoms. The molecule has 0 aliphatic carbocycles. The number of rotatable bonds is 4. The lowest BCUT2D eigenvalue weighted by Crippen LogP contribution is -2.18. The van der Waals surface area contributed by atoms with Crippen LogP contribution in [0.3, 0.4) is 0 Å². The standard InChI is InChI=1S/C14H13N5S.C9H11NO/c1-2-6-15-10(5-1)11-12-13(17-9-16-11)18-14(20-12)19-7-3-4-8-19;1-8(11)10-7-9-5-3-2-4-6-9/h1-2,5-6,9H,3-4,7-8H2;2-6H,7H2,1H3,(H,10,11). The molecule has 1 fully saturated rings. The third-order valence-electron chi connectivity index (χ3n) is 4.85. The quantitative estimate of drug-likeness (QED) is 0.523. The molecule has 158 valence electrons. The lowest BCUT2D eigenvalue weighted by molar-refractivity contribution is -0.119. The van der Waals surface area contributed by atoms with Crippen LogP contribution >= 0.6 is 11.3 Å². The van der Waals surface area contributed by atoms with Crippen molar-refractivity contribution < 1.29 is 4.79 Å². The van der Waals surface area contributed by atoms with Crippen molar-refractivity contribution in [2.24, 2.45) is 0 Å². The Morgan fingerprint density at radius 1 is 1.03 bits per heavy atom. The van der Waals surface area contributed by atoms with Crippen molar-refractivity contribution in [3.63, 3.8) is 0 Å². The van der Waals surface area contributed by atoms with Gasteiger partial charge in [0.1, 0.15) is 16.7 Å². The number of amides is 1. The first-order valence-corrected chi connectivity index (χ1v) is 11.1. The number of carbonyl (C=O) groups is 1. The summed E-state index contributed by atoms with van der Waals surface area (Å²) in [6, 6.07) is 15.7. The highest BCUT2D eigenvalue weighted by atomic mass is 32.1. The molecule has 0 atom stereocenters. The minimum atomic E-state index is 0.00820. The lowest BCUT2D eigenvalue weighted by atomic mass is 10.2. The molecule has 1 aliphatic heterocycles. The molecule has 1 N–H and O–H groups in total. The van der Waals surface area contributed by atoms with Gasteiger partial charge >= 0.3 is 0 Å². The van der Waals surface area contributed by atoms with Gasteiger partial charge in [-0.2, -0.15) is 4.98 Å². The molecule has 7 nitrogen and oxygen atoms in total. The summed E-state index contributed by atoms with van der Waals surface area (Å²) in [5.74, 6) is 0.00820. The fraction of sp³-hybridized carbons (Fsp3) is 0.261. The minimum absolute atomic E-state index is 0.00820. The van der Waals surface area contributed by atoms with Crippen molar-refractivity contribution >= 4 is 32.7 Å². The van der Waals surface area contributed by atoms with Gasteiger partial charge in [0, 0.05) is 32.8 Å². The molecule has 5 rings (SSSR count). The van der Waals surface area contributed by atoms with Gasteiger partial charge in [0.25, 0.3) is 0 Å². The van der Waals surface area contributed by atoms with E-state index in [-0.39, 0.29) is 5.91 Å². The Bertz CT molecular complexity index is 1130. The van der Waals surface area contributed by atoms with Crippen LogP contribution in [0.25, 0.3) is 21.7 Å². The SMILES string of the molecule is CC(=O)NCc1ccccc1.c1ccc(-c2ncnc3nc(N4CCCC4)sc23)nc1. The first-order chi connectivity index (χ1) is 15.2. The number of hydrogen-bond donors (Lipinski definition) is 1. The van der Waals surface area contributed by atoms with E-state index in [0.29, 0.717) is 6.54 Å². The third-order valence-corrected chi connectivity index (χ3v) is 5.96. The molecular formula is C23H24N6OS. The number of nitrogens with one attached hydrogen (secondary N) is 1. The van der Waals surface area contributed by atoms with Crippen molar-refractivity contribution in [1.82, 2.24) is 25.3 Å². The molecule has 1 amide bonds. The largest absolute Gasteiger partial charge is 0.352 e. The molecule has 1 aliphatic rings. The summed E-state index contributed by atoms with van der Waals surface area (Å²) in [7, 11) is 0. The van der Waals surface area contributed by atoms with Crippen molar-refractivity contribution in [3.8, 4) is 11.4 Å². The maximum absolute atomic E-state index is 10.5. The highest BCUT2D eigenvalue weighted by Gasteiger charge is 2.19. The summed E-state index contributed by atoms with van der Waals surface area (Å²) in [5.41, 5.74) is 3.64. The van der Waals surface area contributed by atoms with E-state index >= 15 is 0 Å². The number of carbonyl (C=O) groups excluding carboxylic acids is 1. The van der Waals surface area contributed by atoms with Crippen LogP contribution in [0.2, 0.25) is 0 Å². The number of aromatic nitrogens is 4. The Kier molecular flexibility index (Phi) is 6.78. The number of anilines is 1. The molecule has 1 aromatic carbocycles.